The minimum Gasteiger partial charge on any atom is -0.394 e. The molecular formula is C16H26N2O. The quantitative estimate of drug-likeness (QED) is 0.878. The second-order valence-corrected chi connectivity index (χ2v) is 5.83. The summed E-state index contributed by atoms with van der Waals surface area (Å²) in [7, 11) is 0. The minimum absolute atomic E-state index is 0.169. The summed E-state index contributed by atoms with van der Waals surface area (Å²) >= 11 is 0. The lowest BCUT2D eigenvalue weighted by molar-refractivity contribution is 0.255. The molecule has 1 saturated heterocycles. The topological polar surface area (TPSA) is 35.5 Å². The molecule has 1 aromatic rings. The smallest absolute Gasteiger partial charge is 0.0648 e. The van der Waals surface area contributed by atoms with Crippen LogP contribution in [0, 0.1) is 0 Å². The summed E-state index contributed by atoms with van der Waals surface area (Å²) in [6.45, 7) is 8.74. The van der Waals surface area contributed by atoms with E-state index in [0.29, 0.717) is 12.0 Å². The van der Waals surface area contributed by atoms with Crippen LogP contribution in [0.15, 0.2) is 24.3 Å². The molecule has 2 unspecified atom stereocenters. The third-order valence-corrected chi connectivity index (χ3v) is 4.06. The zero-order valence-electron chi connectivity index (χ0n) is 12.3. The van der Waals surface area contributed by atoms with Crippen LogP contribution in [0.25, 0.3) is 0 Å². The van der Waals surface area contributed by atoms with Gasteiger partial charge in [-0.2, -0.15) is 0 Å². The molecule has 0 saturated carbocycles. The second-order valence-electron chi connectivity index (χ2n) is 5.83. The Labute approximate surface area is 116 Å². The van der Waals surface area contributed by atoms with Gasteiger partial charge in [-0.3, -0.25) is 0 Å². The Morgan fingerprint density at radius 3 is 2.58 bits per heavy atom. The zero-order chi connectivity index (χ0) is 13.8. The van der Waals surface area contributed by atoms with Gasteiger partial charge in [0, 0.05) is 18.3 Å². The molecule has 0 spiro atoms. The number of anilines is 1. The Kier molecular flexibility index (Phi) is 4.83. The second kappa shape index (κ2) is 6.40. The van der Waals surface area contributed by atoms with E-state index in [9.17, 15) is 5.11 Å². The third-order valence-electron chi connectivity index (χ3n) is 4.06. The molecule has 3 heteroatoms. The molecule has 1 heterocycles. The summed E-state index contributed by atoms with van der Waals surface area (Å²) in [6.07, 6.45) is 1.11. The number of rotatable bonds is 3. The number of benzene rings is 1. The average molecular weight is 262 g/mol. The molecule has 0 aliphatic carbocycles. The fraction of sp³-hybridized carbons (Fsp3) is 0.625. The highest BCUT2D eigenvalue weighted by atomic mass is 16.3. The molecule has 3 nitrogen and oxygen atoms in total. The number of aliphatic hydroxyl groups is 1. The van der Waals surface area contributed by atoms with Crippen LogP contribution in [0.3, 0.4) is 0 Å². The Morgan fingerprint density at radius 2 is 2.00 bits per heavy atom. The molecule has 19 heavy (non-hydrogen) atoms. The number of hydrogen-bond acceptors (Lipinski definition) is 3. The lowest BCUT2D eigenvalue weighted by Gasteiger charge is -2.35. The third kappa shape index (κ3) is 3.28. The van der Waals surface area contributed by atoms with Crippen LogP contribution >= 0.6 is 0 Å². The van der Waals surface area contributed by atoms with Crippen molar-refractivity contribution in [3.63, 3.8) is 0 Å². The van der Waals surface area contributed by atoms with Gasteiger partial charge in [0.25, 0.3) is 0 Å². The van der Waals surface area contributed by atoms with E-state index in [2.05, 4.69) is 55.3 Å². The first-order valence-corrected chi connectivity index (χ1v) is 7.33. The van der Waals surface area contributed by atoms with E-state index < -0.39 is 0 Å². The maximum atomic E-state index is 9.63. The van der Waals surface area contributed by atoms with E-state index in [1.54, 1.807) is 0 Å². The Balaban J connectivity index is 2.24. The number of nitrogens with one attached hydrogen (secondary N) is 1. The van der Waals surface area contributed by atoms with Crippen LogP contribution in [0.2, 0.25) is 0 Å². The highest BCUT2D eigenvalue weighted by Gasteiger charge is 2.25. The summed E-state index contributed by atoms with van der Waals surface area (Å²) in [5.74, 6) is 0.561. The van der Waals surface area contributed by atoms with Crippen molar-refractivity contribution < 1.29 is 5.11 Å². The minimum atomic E-state index is 0.169. The zero-order valence-corrected chi connectivity index (χ0v) is 12.3. The largest absolute Gasteiger partial charge is 0.394 e. The molecule has 2 rings (SSSR count). The number of nitrogens with zero attached hydrogens (tertiary/aromatic N) is 1. The van der Waals surface area contributed by atoms with Crippen LogP contribution in [0.4, 0.5) is 5.69 Å². The highest BCUT2D eigenvalue weighted by molar-refractivity contribution is 5.50. The van der Waals surface area contributed by atoms with Gasteiger partial charge in [0.2, 0.25) is 0 Å². The first kappa shape index (κ1) is 14.4. The molecule has 1 aromatic carbocycles. The molecule has 0 bridgehead atoms. The fourth-order valence-corrected chi connectivity index (χ4v) is 2.83. The van der Waals surface area contributed by atoms with E-state index >= 15 is 0 Å². The van der Waals surface area contributed by atoms with Crippen molar-refractivity contribution in [1.82, 2.24) is 5.32 Å². The van der Waals surface area contributed by atoms with E-state index in [1.165, 1.54) is 11.3 Å². The van der Waals surface area contributed by atoms with Crippen LogP contribution in [0.1, 0.15) is 38.7 Å². The van der Waals surface area contributed by atoms with Gasteiger partial charge in [-0.05, 0) is 43.5 Å². The predicted octanol–water partition coefficient (Wildman–Crippen LogP) is 2.36. The SMILES string of the molecule is CC(C)c1ccc(N2C(C)CCNCC2CO)cc1. The Bertz CT molecular complexity index is 388. The first-order valence-electron chi connectivity index (χ1n) is 7.33. The Hall–Kier alpha value is -1.06. The van der Waals surface area contributed by atoms with E-state index in [-0.39, 0.29) is 12.6 Å². The summed E-state index contributed by atoms with van der Waals surface area (Å²) in [6, 6.07) is 9.43. The molecule has 2 N–H and O–H groups in total. The van der Waals surface area contributed by atoms with Crippen molar-refractivity contribution in [2.45, 2.75) is 45.2 Å². The van der Waals surface area contributed by atoms with Crippen molar-refractivity contribution in [2.24, 2.45) is 0 Å². The molecule has 0 radical (unpaired) electrons. The standard InChI is InChI=1S/C16H26N2O/c1-12(2)14-4-6-15(7-5-14)18-13(3)8-9-17-10-16(18)11-19/h4-7,12-13,16-17,19H,8-11H2,1-3H3. The highest BCUT2D eigenvalue weighted by Crippen LogP contribution is 2.25. The predicted molar refractivity (Wildman–Crippen MR) is 80.8 cm³/mol. The van der Waals surface area contributed by atoms with E-state index in [0.717, 1.165) is 19.5 Å². The summed E-state index contributed by atoms with van der Waals surface area (Å²) in [5.41, 5.74) is 2.59. The van der Waals surface area contributed by atoms with Gasteiger partial charge in [0.05, 0.1) is 12.6 Å². The number of hydrogen-bond donors (Lipinski definition) is 2. The van der Waals surface area contributed by atoms with Crippen molar-refractivity contribution in [1.29, 1.82) is 0 Å². The maximum Gasteiger partial charge on any atom is 0.0648 e. The number of aliphatic hydroxyl groups excluding tert-OH is 1. The monoisotopic (exact) mass is 262 g/mol. The molecular weight excluding hydrogens is 236 g/mol. The van der Waals surface area contributed by atoms with Gasteiger partial charge in [0.15, 0.2) is 0 Å². The van der Waals surface area contributed by atoms with Gasteiger partial charge in [-0.15, -0.1) is 0 Å². The van der Waals surface area contributed by atoms with Crippen molar-refractivity contribution in [2.75, 3.05) is 24.6 Å². The molecule has 0 aromatic heterocycles. The fourth-order valence-electron chi connectivity index (χ4n) is 2.83. The molecule has 0 amide bonds. The van der Waals surface area contributed by atoms with Gasteiger partial charge in [-0.1, -0.05) is 26.0 Å². The molecule has 1 aliphatic heterocycles. The van der Waals surface area contributed by atoms with Crippen molar-refractivity contribution >= 4 is 5.69 Å². The van der Waals surface area contributed by atoms with Gasteiger partial charge in [-0.25, -0.2) is 0 Å². The van der Waals surface area contributed by atoms with Crippen LogP contribution < -0.4 is 10.2 Å². The maximum absolute atomic E-state index is 9.63. The van der Waals surface area contributed by atoms with Crippen LogP contribution in [-0.2, 0) is 0 Å². The van der Waals surface area contributed by atoms with Crippen molar-refractivity contribution in [3.05, 3.63) is 29.8 Å². The van der Waals surface area contributed by atoms with Crippen LogP contribution in [-0.4, -0.2) is 36.9 Å². The van der Waals surface area contributed by atoms with E-state index in [1.807, 2.05) is 0 Å². The van der Waals surface area contributed by atoms with E-state index in [4.69, 9.17) is 0 Å². The summed E-state index contributed by atoms with van der Waals surface area (Å²) in [4.78, 5) is 2.37. The van der Waals surface area contributed by atoms with Crippen LogP contribution in [0.5, 0.6) is 0 Å². The summed E-state index contributed by atoms with van der Waals surface area (Å²) < 4.78 is 0. The van der Waals surface area contributed by atoms with Gasteiger partial charge >= 0.3 is 0 Å². The molecule has 106 valence electrons. The Morgan fingerprint density at radius 1 is 1.32 bits per heavy atom. The summed E-state index contributed by atoms with van der Waals surface area (Å²) in [5, 5.41) is 13.0. The molecule has 2 atom stereocenters. The lowest BCUT2D eigenvalue weighted by atomic mass is 10.0. The molecule has 1 fully saturated rings. The lowest BCUT2D eigenvalue weighted by Crippen LogP contribution is -2.46. The molecule has 1 aliphatic rings. The first-order chi connectivity index (χ1) is 9.13. The van der Waals surface area contributed by atoms with Gasteiger partial charge in [0.1, 0.15) is 0 Å². The normalized spacial score (nSPS) is 24.6. The van der Waals surface area contributed by atoms with Gasteiger partial charge < -0.3 is 15.3 Å². The van der Waals surface area contributed by atoms with Crippen molar-refractivity contribution in [3.8, 4) is 0 Å². The average Bonchev–Trinajstić information content (AvgIpc) is 2.60.